The van der Waals surface area contributed by atoms with E-state index in [1.165, 1.54) is 14.0 Å². The van der Waals surface area contributed by atoms with Gasteiger partial charge in [0.25, 0.3) is 5.91 Å². The van der Waals surface area contributed by atoms with Crippen LogP contribution in [0.25, 0.3) is 0 Å². The lowest BCUT2D eigenvalue weighted by Gasteiger charge is -2.33. The first kappa shape index (κ1) is 28.2. The molecule has 1 atom stereocenters. The number of carbonyl (C=O) groups excluding carboxylic acids is 4. The predicted molar refractivity (Wildman–Crippen MR) is 139 cm³/mol. The second-order valence-electron chi connectivity index (χ2n) is 8.91. The smallest absolute Gasteiger partial charge is 0.328 e. The third kappa shape index (κ3) is 8.34. The second kappa shape index (κ2) is 13.8. The fraction of sp³-hybridized carbons (Fsp3) is 0.500. The van der Waals surface area contributed by atoms with Gasteiger partial charge in [-0.1, -0.05) is 0 Å². The lowest BCUT2D eigenvalue weighted by atomic mass is 9.89. The van der Waals surface area contributed by atoms with E-state index in [1.54, 1.807) is 22.9 Å². The number of hydrogen-bond donors (Lipinski definition) is 2. The zero-order chi connectivity index (χ0) is 26.8. The van der Waals surface area contributed by atoms with E-state index in [2.05, 4.69) is 10.6 Å². The summed E-state index contributed by atoms with van der Waals surface area (Å²) in [4.78, 5) is 55.5. The largest absolute Gasteiger partial charge is 0.468 e. The van der Waals surface area contributed by atoms with Gasteiger partial charge in [0, 0.05) is 43.9 Å². The van der Waals surface area contributed by atoms with Crippen molar-refractivity contribution < 1.29 is 28.3 Å². The molecular weight excluding hydrogens is 496 g/mol. The SMILES string of the molecule is COC(=O)C(CC(=O)N1CCC(c2nc(C)ccc2C(=O)NCCSCc2ccco2)CC1)NC(C)=O. The highest BCUT2D eigenvalue weighted by Gasteiger charge is 2.31. The fourth-order valence-corrected chi connectivity index (χ4v) is 5.02. The van der Waals surface area contributed by atoms with Crippen molar-refractivity contribution in [2.75, 3.05) is 32.5 Å². The molecule has 1 saturated heterocycles. The van der Waals surface area contributed by atoms with E-state index in [0.717, 1.165) is 28.7 Å². The van der Waals surface area contributed by atoms with Gasteiger partial charge in [-0.2, -0.15) is 11.8 Å². The molecule has 3 heterocycles. The molecule has 37 heavy (non-hydrogen) atoms. The average Bonchev–Trinajstić information content (AvgIpc) is 3.41. The highest BCUT2D eigenvalue weighted by molar-refractivity contribution is 7.98. The first-order chi connectivity index (χ1) is 17.8. The third-order valence-electron chi connectivity index (χ3n) is 6.14. The predicted octanol–water partition coefficient (Wildman–Crippen LogP) is 2.42. The van der Waals surface area contributed by atoms with Gasteiger partial charge in [-0.3, -0.25) is 19.4 Å². The molecule has 0 radical (unpaired) electrons. The number of hydrogen-bond acceptors (Lipinski definition) is 8. The summed E-state index contributed by atoms with van der Waals surface area (Å²) >= 11 is 1.68. The minimum absolute atomic E-state index is 0.0322. The van der Waals surface area contributed by atoms with Crippen LogP contribution in [0.3, 0.4) is 0 Å². The van der Waals surface area contributed by atoms with Crippen molar-refractivity contribution in [2.24, 2.45) is 0 Å². The highest BCUT2D eigenvalue weighted by atomic mass is 32.2. The van der Waals surface area contributed by atoms with Crippen LogP contribution in [0.15, 0.2) is 34.9 Å². The van der Waals surface area contributed by atoms with Crippen LogP contribution in [0, 0.1) is 6.92 Å². The summed E-state index contributed by atoms with van der Waals surface area (Å²) < 4.78 is 10.0. The van der Waals surface area contributed by atoms with Crippen LogP contribution < -0.4 is 10.6 Å². The maximum Gasteiger partial charge on any atom is 0.328 e. The number of carbonyl (C=O) groups is 4. The van der Waals surface area contributed by atoms with E-state index in [9.17, 15) is 19.2 Å². The maximum absolute atomic E-state index is 13.0. The standard InChI is InChI=1S/C26H34N4O6S/c1-17-6-7-21(25(33)27-10-14-37-16-20-5-4-13-36-20)24(28-17)19-8-11-30(12-9-19)23(32)15-22(26(34)35-3)29-18(2)31/h4-7,13,19,22H,8-12,14-16H2,1-3H3,(H,27,33)(H,29,31). The van der Waals surface area contributed by atoms with Crippen molar-refractivity contribution in [3.05, 3.63) is 53.2 Å². The van der Waals surface area contributed by atoms with Crippen LogP contribution >= 0.6 is 11.8 Å². The minimum atomic E-state index is -1.02. The number of rotatable bonds is 11. The Labute approximate surface area is 220 Å². The summed E-state index contributed by atoms with van der Waals surface area (Å²) in [5, 5.41) is 5.46. The number of aromatic nitrogens is 1. The summed E-state index contributed by atoms with van der Waals surface area (Å²) in [6, 6.07) is 6.41. The average molecular weight is 531 g/mol. The van der Waals surface area contributed by atoms with Crippen molar-refractivity contribution >= 4 is 35.5 Å². The molecule has 200 valence electrons. The summed E-state index contributed by atoms with van der Waals surface area (Å²) in [5.74, 6) is 0.995. The zero-order valence-electron chi connectivity index (χ0n) is 21.5. The van der Waals surface area contributed by atoms with Crippen LogP contribution in [0.4, 0.5) is 0 Å². The van der Waals surface area contributed by atoms with Crippen LogP contribution in [0.2, 0.25) is 0 Å². The quantitative estimate of drug-likeness (QED) is 0.335. The van der Waals surface area contributed by atoms with E-state index in [1.807, 2.05) is 31.2 Å². The second-order valence-corrected chi connectivity index (χ2v) is 10.0. The van der Waals surface area contributed by atoms with Crippen molar-refractivity contribution in [2.45, 2.75) is 50.8 Å². The molecule has 11 heteroatoms. The van der Waals surface area contributed by atoms with Crippen LogP contribution in [-0.2, 0) is 24.9 Å². The van der Waals surface area contributed by atoms with Gasteiger partial charge >= 0.3 is 5.97 Å². The van der Waals surface area contributed by atoms with Crippen molar-refractivity contribution in [1.29, 1.82) is 0 Å². The van der Waals surface area contributed by atoms with Gasteiger partial charge in [-0.25, -0.2) is 4.79 Å². The number of piperidine rings is 1. The number of pyridine rings is 1. The zero-order valence-corrected chi connectivity index (χ0v) is 22.3. The number of methoxy groups -OCH3 is 1. The lowest BCUT2D eigenvalue weighted by Crippen LogP contribution is -2.46. The molecule has 0 aliphatic carbocycles. The number of ether oxygens (including phenoxy) is 1. The summed E-state index contributed by atoms with van der Waals surface area (Å²) in [6.45, 7) is 4.65. The van der Waals surface area contributed by atoms with Gasteiger partial charge < -0.3 is 24.7 Å². The molecule has 1 unspecified atom stereocenters. The van der Waals surface area contributed by atoms with E-state index in [4.69, 9.17) is 14.1 Å². The Morgan fingerprint density at radius 1 is 1.22 bits per heavy atom. The Kier molecular flexibility index (Phi) is 10.6. The Bertz CT molecular complexity index is 1080. The molecule has 2 aromatic heterocycles. The van der Waals surface area contributed by atoms with E-state index < -0.39 is 17.9 Å². The van der Waals surface area contributed by atoms with Crippen molar-refractivity contribution in [1.82, 2.24) is 20.5 Å². The van der Waals surface area contributed by atoms with Gasteiger partial charge in [-0.05, 0) is 44.0 Å². The van der Waals surface area contributed by atoms with Gasteiger partial charge in [0.2, 0.25) is 11.8 Å². The van der Waals surface area contributed by atoms with Crippen LogP contribution in [0.5, 0.6) is 0 Å². The monoisotopic (exact) mass is 530 g/mol. The van der Waals surface area contributed by atoms with Gasteiger partial charge in [0.1, 0.15) is 11.8 Å². The molecule has 0 aromatic carbocycles. The molecule has 1 aliphatic rings. The molecular formula is C26H34N4O6S. The van der Waals surface area contributed by atoms with Gasteiger partial charge in [-0.15, -0.1) is 0 Å². The Balaban J connectivity index is 1.54. The summed E-state index contributed by atoms with van der Waals surface area (Å²) in [7, 11) is 1.22. The summed E-state index contributed by atoms with van der Waals surface area (Å²) in [5.41, 5.74) is 2.14. The maximum atomic E-state index is 13.0. The molecule has 1 aliphatic heterocycles. The Morgan fingerprint density at radius 3 is 2.62 bits per heavy atom. The number of nitrogens with one attached hydrogen (secondary N) is 2. The van der Waals surface area contributed by atoms with Crippen molar-refractivity contribution in [3.8, 4) is 0 Å². The lowest BCUT2D eigenvalue weighted by molar-refractivity contribution is -0.148. The molecule has 3 amide bonds. The molecule has 1 fully saturated rings. The molecule has 3 rings (SSSR count). The fourth-order valence-electron chi connectivity index (χ4n) is 4.27. The number of furan rings is 1. The number of esters is 1. The molecule has 0 saturated carbocycles. The minimum Gasteiger partial charge on any atom is -0.468 e. The summed E-state index contributed by atoms with van der Waals surface area (Å²) in [6.07, 6.45) is 2.77. The van der Waals surface area contributed by atoms with Gasteiger partial charge in [0.15, 0.2) is 0 Å². The number of nitrogens with zero attached hydrogens (tertiary/aromatic N) is 2. The molecule has 0 spiro atoms. The van der Waals surface area contributed by atoms with E-state index in [0.29, 0.717) is 38.0 Å². The van der Waals surface area contributed by atoms with Crippen molar-refractivity contribution in [3.63, 3.8) is 0 Å². The normalized spacial score (nSPS) is 14.6. The topological polar surface area (TPSA) is 131 Å². The first-order valence-electron chi connectivity index (χ1n) is 12.3. The number of likely N-dealkylation sites (tertiary alicyclic amines) is 1. The number of thioether (sulfide) groups is 1. The molecule has 10 nitrogen and oxygen atoms in total. The molecule has 0 bridgehead atoms. The highest BCUT2D eigenvalue weighted by Crippen LogP contribution is 2.30. The van der Waals surface area contributed by atoms with Gasteiger partial charge in [0.05, 0.1) is 36.8 Å². The van der Waals surface area contributed by atoms with E-state index >= 15 is 0 Å². The third-order valence-corrected chi connectivity index (χ3v) is 7.12. The number of amides is 3. The van der Waals surface area contributed by atoms with Crippen LogP contribution in [-0.4, -0.2) is 72.1 Å². The van der Waals surface area contributed by atoms with Crippen LogP contribution in [0.1, 0.15) is 59.6 Å². The van der Waals surface area contributed by atoms with E-state index in [-0.39, 0.29) is 24.2 Å². The Hall–Kier alpha value is -3.34. The molecule has 2 N–H and O–H groups in total. The number of aryl methyl sites for hydroxylation is 1. The first-order valence-corrected chi connectivity index (χ1v) is 13.4. The Morgan fingerprint density at radius 2 is 1.97 bits per heavy atom. The molecule has 2 aromatic rings.